The molecule has 0 fully saturated rings. The van der Waals surface area contributed by atoms with Crippen molar-refractivity contribution < 1.29 is 29.2 Å². The summed E-state index contributed by atoms with van der Waals surface area (Å²) in [7, 11) is 2.62. The summed E-state index contributed by atoms with van der Waals surface area (Å²) in [5.74, 6) is -0.786. The van der Waals surface area contributed by atoms with Gasteiger partial charge in [0, 0.05) is 6.07 Å². The molecule has 2 N–H and O–H groups in total. The Kier molecular flexibility index (Phi) is 8.72. The largest absolute Gasteiger partial charge is 0.507 e. The Morgan fingerprint density at radius 1 is 1.19 bits per heavy atom. The van der Waals surface area contributed by atoms with Crippen LogP contribution in [0.3, 0.4) is 0 Å². The topological polar surface area (TPSA) is 85.2 Å². The second-order valence-electron chi connectivity index (χ2n) is 6.11. The highest BCUT2D eigenvalue weighted by atomic mass is 16.5. The minimum absolute atomic E-state index is 0.0598. The molecule has 6 heteroatoms. The van der Waals surface area contributed by atoms with Crippen molar-refractivity contribution in [3.05, 3.63) is 40.5 Å². The van der Waals surface area contributed by atoms with Gasteiger partial charge in [-0.1, -0.05) is 17.2 Å². The highest BCUT2D eigenvalue weighted by molar-refractivity contribution is 5.96. The van der Waals surface area contributed by atoms with E-state index in [-0.39, 0.29) is 35.0 Å². The Hall–Kier alpha value is -2.47. The van der Waals surface area contributed by atoms with E-state index in [9.17, 15) is 15.0 Å². The van der Waals surface area contributed by atoms with Gasteiger partial charge in [0.05, 0.1) is 26.4 Å². The van der Waals surface area contributed by atoms with Gasteiger partial charge in [0.15, 0.2) is 0 Å². The molecular weight excluding hydrogens is 336 g/mol. The van der Waals surface area contributed by atoms with Crippen LogP contribution in [0.15, 0.2) is 29.4 Å². The Bertz CT molecular complexity index is 684. The molecule has 0 bridgehead atoms. The average Bonchev–Trinajstić information content (AvgIpc) is 2.60. The van der Waals surface area contributed by atoms with Crippen molar-refractivity contribution in [1.82, 2.24) is 0 Å². The zero-order valence-corrected chi connectivity index (χ0v) is 16.1. The molecule has 0 aliphatic heterocycles. The minimum atomic E-state index is -0.751. The van der Waals surface area contributed by atoms with Crippen molar-refractivity contribution in [1.29, 1.82) is 0 Å². The first kappa shape index (κ1) is 21.6. The van der Waals surface area contributed by atoms with Crippen LogP contribution in [0.25, 0.3) is 0 Å². The van der Waals surface area contributed by atoms with E-state index >= 15 is 0 Å². The fourth-order valence-corrected chi connectivity index (χ4v) is 2.41. The summed E-state index contributed by atoms with van der Waals surface area (Å²) in [5.41, 5.74) is 2.56. The maximum absolute atomic E-state index is 12.0. The molecule has 0 aliphatic carbocycles. The van der Waals surface area contributed by atoms with Crippen molar-refractivity contribution in [2.24, 2.45) is 0 Å². The first-order chi connectivity index (χ1) is 12.3. The molecular formula is C20H28O6. The van der Waals surface area contributed by atoms with E-state index in [0.29, 0.717) is 0 Å². The summed E-state index contributed by atoms with van der Waals surface area (Å²) in [4.78, 5) is 12.0. The average molecular weight is 364 g/mol. The Balaban J connectivity index is 3.07. The Morgan fingerprint density at radius 3 is 2.42 bits per heavy atom. The lowest BCUT2D eigenvalue weighted by molar-refractivity contribution is 0.0592. The molecule has 0 radical (unpaired) electrons. The van der Waals surface area contributed by atoms with Crippen molar-refractivity contribution in [2.45, 2.75) is 40.2 Å². The number of aliphatic hydroxyl groups excluding tert-OH is 1. The summed E-state index contributed by atoms with van der Waals surface area (Å²) < 4.78 is 15.6. The van der Waals surface area contributed by atoms with Crippen LogP contribution in [0.4, 0.5) is 0 Å². The number of benzene rings is 1. The number of aromatic hydroxyl groups is 1. The maximum Gasteiger partial charge on any atom is 0.345 e. The number of phenolic OH excluding ortho intramolecular Hbond substituents is 1. The maximum atomic E-state index is 12.0. The van der Waals surface area contributed by atoms with Gasteiger partial charge in [-0.3, -0.25) is 0 Å². The molecule has 6 nitrogen and oxygen atoms in total. The molecule has 0 heterocycles. The van der Waals surface area contributed by atoms with Gasteiger partial charge >= 0.3 is 5.97 Å². The molecule has 0 amide bonds. The van der Waals surface area contributed by atoms with E-state index in [1.165, 1.54) is 25.9 Å². The lowest BCUT2D eigenvalue weighted by Gasteiger charge is -2.17. The van der Waals surface area contributed by atoms with E-state index in [0.717, 1.165) is 18.4 Å². The predicted octanol–water partition coefficient (Wildman–Crippen LogP) is 3.75. The van der Waals surface area contributed by atoms with Crippen LogP contribution in [0.5, 0.6) is 17.2 Å². The van der Waals surface area contributed by atoms with Crippen molar-refractivity contribution in [3.8, 4) is 17.2 Å². The normalized spacial score (nSPS) is 11.1. The number of carbonyl (C=O) groups is 1. The third kappa shape index (κ3) is 5.81. The number of hydrogen-bond donors (Lipinski definition) is 2. The number of phenols is 1. The minimum Gasteiger partial charge on any atom is -0.507 e. The first-order valence-electron chi connectivity index (χ1n) is 8.39. The summed E-state index contributed by atoms with van der Waals surface area (Å²) in [6.07, 6.45) is 5.91. The van der Waals surface area contributed by atoms with Crippen LogP contribution in [0, 0.1) is 0 Å². The lowest BCUT2D eigenvalue weighted by atomic mass is 10.1. The number of carbonyl (C=O) groups excluding carboxylic acids is 1. The van der Waals surface area contributed by atoms with Gasteiger partial charge in [0.25, 0.3) is 0 Å². The van der Waals surface area contributed by atoms with Crippen LogP contribution < -0.4 is 9.47 Å². The predicted molar refractivity (Wildman–Crippen MR) is 99.8 cm³/mol. The van der Waals surface area contributed by atoms with Crippen LogP contribution in [0.1, 0.15) is 49.5 Å². The van der Waals surface area contributed by atoms with E-state index in [4.69, 9.17) is 14.2 Å². The third-order valence-corrected chi connectivity index (χ3v) is 3.84. The molecule has 0 aromatic heterocycles. The van der Waals surface area contributed by atoms with E-state index < -0.39 is 12.6 Å². The Morgan fingerprint density at radius 2 is 1.88 bits per heavy atom. The van der Waals surface area contributed by atoms with Crippen molar-refractivity contribution in [3.63, 3.8) is 0 Å². The molecule has 0 aliphatic rings. The number of allylic oxidation sites excluding steroid dienone is 3. The zero-order valence-electron chi connectivity index (χ0n) is 16.1. The van der Waals surface area contributed by atoms with Crippen LogP contribution in [0.2, 0.25) is 0 Å². The van der Waals surface area contributed by atoms with Gasteiger partial charge in [0.2, 0.25) is 0 Å². The molecule has 1 aromatic carbocycles. The number of aliphatic hydroxyl groups is 1. The van der Waals surface area contributed by atoms with Gasteiger partial charge in [-0.05, 0) is 39.7 Å². The van der Waals surface area contributed by atoms with Gasteiger partial charge < -0.3 is 24.4 Å². The van der Waals surface area contributed by atoms with Gasteiger partial charge in [-0.25, -0.2) is 4.79 Å². The fourth-order valence-electron chi connectivity index (χ4n) is 2.41. The van der Waals surface area contributed by atoms with Crippen molar-refractivity contribution >= 4 is 5.97 Å². The summed E-state index contributed by atoms with van der Waals surface area (Å²) in [6, 6.07) is 1.26. The molecule has 0 atom stereocenters. The monoisotopic (exact) mass is 364 g/mol. The molecule has 0 spiro atoms. The van der Waals surface area contributed by atoms with E-state index in [1.54, 1.807) is 0 Å². The molecule has 0 saturated heterocycles. The van der Waals surface area contributed by atoms with Gasteiger partial charge in [0.1, 0.15) is 29.4 Å². The van der Waals surface area contributed by atoms with Crippen molar-refractivity contribution in [2.75, 3.05) is 20.8 Å². The number of ether oxygens (including phenoxy) is 3. The smallest absolute Gasteiger partial charge is 0.345 e. The third-order valence-electron chi connectivity index (χ3n) is 3.84. The number of esters is 1. The molecule has 1 rings (SSSR count). The second-order valence-corrected chi connectivity index (χ2v) is 6.11. The molecule has 0 unspecified atom stereocenters. The zero-order chi connectivity index (χ0) is 19.7. The van der Waals surface area contributed by atoms with E-state index in [1.807, 2.05) is 13.0 Å². The lowest BCUT2D eigenvalue weighted by Crippen LogP contribution is -2.10. The summed E-state index contributed by atoms with van der Waals surface area (Å²) in [6.45, 7) is 5.89. The highest BCUT2D eigenvalue weighted by Crippen LogP contribution is 2.39. The molecule has 1 aromatic rings. The van der Waals surface area contributed by atoms with Gasteiger partial charge in [-0.2, -0.15) is 0 Å². The number of rotatable bonds is 9. The number of hydrogen-bond acceptors (Lipinski definition) is 6. The SMILES string of the molecule is COC(=O)c1c(O)cc(OC)c(CO)c1OCC=C(C)CCC=C(C)C. The van der Waals surface area contributed by atoms with Crippen LogP contribution >= 0.6 is 0 Å². The van der Waals surface area contributed by atoms with Gasteiger partial charge in [-0.15, -0.1) is 0 Å². The van der Waals surface area contributed by atoms with Crippen LogP contribution in [-0.2, 0) is 11.3 Å². The standard InChI is InChI=1S/C20H28O6/c1-13(2)7-6-8-14(3)9-10-26-19-15(12-21)17(24-4)11-16(22)18(19)20(23)25-5/h7,9,11,21-22H,6,8,10,12H2,1-5H3. The van der Waals surface area contributed by atoms with Crippen LogP contribution in [-0.4, -0.2) is 37.0 Å². The fraction of sp³-hybridized carbons (Fsp3) is 0.450. The molecule has 144 valence electrons. The summed E-state index contributed by atoms with van der Waals surface area (Å²) in [5, 5.41) is 19.8. The highest BCUT2D eigenvalue weighted by Gasteiger charge is 2.25. The first-order valence-corrected chi connectivity index (χ1v) is 8.39. The molecule has 0 saturated carbocycles. The summed E-state index contributed by atoms with van der Waals surface area (Å²) >= 11 is 0. The second kappa shape index (κ2) is 10.5. The molecule has 26 heavy (non-hydrogen) atoms. The number of methoxy groups -OCH3 is 2. The van der Waals surface area contributed by atoms with E-state index in [2.05, 4.69) is 19.9 Å². The quantitative estimate of drug-likeness (QED) is 0.513. The Labute approximate surface area is 154 Å².